The van der Waals surface area contributed by atoms with E-state index in [1.807, 2.05) is 6.92 Å². The molecule has 0 spiro atoms. The Labute approximate surface area is 128 Å². The number of carbonyl (C=O) groups excluding carboxylic acids is 1. The van der Waals surface area contributed by atoms with Crippen LogP contribution in [0.5, 0.6) is 0 Å². The van der Waals surface area contributed by atoms with E-state index in [2.05, 4.69) is 5.32 Å². The Morgan fingerprint density at radius 1 is 1.35 bits per heavy atom. The average Bonchev–Trinajstić information content (AvgIpc) is 2.32. The molecule has 4 nitrogen and oxygen atoms in total. The molecule has 0 radical (unpaired) electrons. The van der Waals surface area contributed by atoms with Crippen LogP contribution in [0.1, 0.15) is 32.3 Å². The number of rotatable bonds is 6. The Bertz CT molecular complexity index is 519. The highest BCUT2D eigenvalue weighted by Gasteiger charge is 2.33. The SMILES string of the molecule is CCCC(C)(NC(=O)Cc1ccc(Cl)cc1Cl)C(=O)O. The van der Waals surface area contributed by atoms with E-state index >= 15 is 0 Å². The van der Waals surface area contributed by atoms with Gasteiger partial charge in [0.15, 0.2) is 0 Å². The van der Waals surface area contributed by atoms with Crippen molar-refractivity contribution < 1.29 is 14.7 Å². The number of nitrogens with one attached hydrogen (secondary N) is 1. The number of benzene rings is 1. The number of aliphatic carboxylic acids is 1. The average molecular weight is 318 g/mol. The molecule has 0 aromatic heterocycles. The van der Waals surface area contributed by atoms with Crippen molar-refractivity contribution in [3.63, 3.8) is 0 Å². The van der Waals surface area contributed by atoms with Crippen molar-refractivity contribution in [2.75, 3.05) is 0 Å². The van der Waals surface area contributed by atoms with Gasteiger partial charge in [0.1, 0.15) is 5.54 Å². The number of carboxylic acid groups (broad SMARTS) is 1. The van der Waals surface area contributed by atoms with Crippen molar-refractivity contribution >= 4 is 35.1 Å². The van der Waals surface area contributed by atoms with Crippen LogP contribution in [0.3, 0.4) is 0 Å². The zero-order valence-electron chi connectivity index (χ0n) is 11.4. The van der Waals surface area contributed by atoms with Gasteiger partial charge in [-0.2, -0.15) is 0 Å². The topological polar surface area (TPSA) is 66.4 Å². The first-order valence-corrected chi connectivity index (χ1v) is 7.02. The number of halogens is 2. The maximum atomic E-state index is 12.0. The first-order valence-electron chi connectivity index (χ1n) is 6.27. The minimum atomic E-state index is -1.26. The van der Waals surface area contributed by atoms with E-state index < -0.39 is 11.5 Å². The molecule has 0 heterocycles. The van der Waals surface area contributed by atoms with Crippen LogP contribution < -0.4 is 5.32 Å². The molecule has 2 N–H and O–H groups in total. The number of hydrogen-bond donors (Lipinski definition) is 2. The molecule has 1 atom stereocenters. The van der Waals surface area contributed by atoms with Crippen LogP contribution in [-0.2, 0) is 16.0 Å². The minimum absolute atomic E-state index is 0.0165. The van der Waals surface area contributed by atoms with Crippen molar-refractivity contribution in [1.82, 2.24) is 5.32 Å². The smallest absolute Gasteiger partial charge is 0.329 e. The zero-order valence-corrected chi connectivity index (χ0v) is 12.9. The Hall–Kier alpha value is -1.26. The van der Waals surface area contributed by atoms with Crippen molar-refractivity contribution in [2.45, 2.75) is 38.6 Å². The van der Waals surface area contributed by atoms with Gasteiger partial charge in [0.25, 0.3) is 0 Å². The third kappa shape index (κ3) is 4.39. The Morgan fingerprint density at radius 3 is 2.50 bits per heavy atom. The van der Waals surface area contributed by atoms with Crippen LogP contribution in [-0.4, -0.2) is 22.5 Å². The summed E-state index contributed by atoms with van der Waals surface area (Å²) in [5.41, 5.74) is -0.650. The molecular weight excluding hydrogens is 301 g/mol. The van der Waals surface area contributed by atoms with Crippen LogP contribution in [0.15, 0.2) is 18.2 Å². The fourth-order valence-electron chi connectivity index (χ4n) is 1.91. The number of carbonyl (C=O) groups is 2. The molecule has 1 aromatic rings. The van der Waals surface area contributed by atoms with Gasteiger partial charge in [0.05, 0.1) is 6.42 Å². The van der Waals surface area contributed by atoms with E-state index in [9.17, 15) is 14.7 Å². The summed E-state index contributed by atoms with van der Waals surface area (Å²) in [5, 5.41) is 12.6. The van der Waals surface area contributed by atoms with Gasteiger partial charge in [-0.1, -0.05) is 42.6 Å². The zero-order chi connectivity index (χ0) is 15.3. The fraction of sp³-hybridized carbons (Fsp3) is 0.429. The summed E-state index contributed by atoms with van der Waals surface area (Å²) in [6.07, 6.45) is 1.04. The van der Waals surface area contributed by atoms with Crippen molar-refractivity contribution in [1.29, 1.82) is 0 Å². The van der Waals surface area contributed by atoms with Crippen LogP contribution >= 0.6 is 23.2 Å². The fourth-order valence-corrected chi connectivity index (χ4v) is 2.39. The molecule has 1 unspecified atom stereocenters. The molecule has 1 aromatic carbocycles. The van der Waals surface area contributed by atoms with Crippen LogP contribution in [0.2, 0.25) is 10.0 Å². The third-order valence-electron chi connectivity index (χ3n) is 3.00. The Kier molecular flexibility index (Phi) is 5.84. The van der Waals surface area contributed by atoms with Crippen molar-refractivity contribution in [3.8, 4) is 0 Å². The lowest BCUT2D eigenvalue weighted by molar-refractivity contribution is -0.147. The van der Waals surface area contributed by atoms with E-state index in [0.717, 1.165) is 0 Å². The summed E-state index contributed by atoms with van der Waals surface area (Å²) in [6.45, 7) is 3.36. The highest BCUT2D eigenvalue weighted by atomic mass is 35.5. The van der Waals surface area contributed by atoms with E-state index in [1.165, 1.54) is 6.92 Å². The molecule has 20 heavy (non-hydrogen) atoms. The summed E-state index contributed by atoms with van der Waals surface area (Å²) in [5.74, 6) is -1.43. The van der Waals surface area contributed by atoms with E-state index in [1.54, 1.807) is 18.2 Å². The summed E-state index contributed by atoms with van der Waals surface area (Å²) in [7, 11) is 0. The second-order valence-electron chi connectivity index (χ2n) is 4.85. The quantitative estimate of drug-likeness (QED) is 0.846. The molecule has 0 saturated carbocycles. The van der Waals surface area contributed by atoms with Crippen LogP contribution in [0.4, 0.5) is 0 Å². The molecule has 0 aliphatic heterocycles. The van der Waals surface area contributed by atoms with Gasteiger partial charge in [-0.25, -0.2) is 4.79 Å². The predicted molar refractivity (Wildman–Crippen MR) is 79.3 cm³/mol. The van der Waals surface area contributed by atoms with Gasteiger partial charge in [0.2, 0.25) is 5.91 Å². The molecule has 1 amide bonds. The van der Waals surface area contributed by atoms with Crippen molar-refractivity contribution in [2.24, 2.45) is 0 Å². The lowest BCUT2D eigenvalue weighted by atomic mass is 9.96. The Morgan fingerprint density at radius 2 is 2.00 bits per heavy atom. The van der Waals surface area contributed by atoms with Crippen molar-refractivity contribution in [3.05, 3.63) is 33.8 Å². The van der Waals surface area contributed by atoms with E-state index in [4.69, 9.17) is 23.2 Å². The van der Waals surface area contributed by atoms with Crippen LogP contribution in [0, 0.1) is 0 Å². The standard InChI is InChI=1S/C14H17Cl2NO3/c1-3-6-14(2,13(19)20)17-12(18)7-9-4-5-10(15)8-11(9)16/h4-5,8H,3,6-7H2,1-2H3,(H,17,18)(H,19,20). The molecule has 0 fully saturated rings. The molecule has 110 valence electrons. The van der Waals surface area contributed by atoms with Gasteiger partial charge < -0.3 is 10.4 Å². The lowest BCUT2D eigenvalue weighted by Crippen LogP contribution is -2.52. The largest absolute Gasteiger partial charge is 0.480 e. The highest BCUT2D eigenvalue weighted by molar-refractivity contribution is 6.35. The predicted octanol–water partition coefficient (Wildman–Crippen LogP) is 3.30. The van der Waals surface area contributed by atoms with Gasteiger partial charge >= 0.3 is 5.97 Å². The minimum Gasteiger partial charge on any atom is -0.480 e. The Balaban J connectivity index is 2.78. The molecule has 0 bridgehead atoms. The van der Waals surface area contributed by atoms with Crippen LogP contribution in [0.25, 0.3) is 0 Å². The monoisotopic (exact) mass is 317 g/mol. The highest BCUT2D eigenvalue weighted by Crippen LogP contribution is 2.22. The molecule has 0 saturated heterocycles. The first kappa shape index (κ1) is 16.8. The van der Waals surface area contributed by atoms with Gasteiger partial charge in [0, 0.05) is 10.0 Å². The molecule has 0 aliphatic rings. The maximum Gasteiger partial charge on any atom is 0.329 e. The first-order chi connectivity index (χ1) is 9.28. The number of amides is 1. The molecule has 6 heteroatoms. The van der Waals surface area contributed by atoms with Gasteiger partial charge in [-0.15, -0.1) is 0 Å². The molecule has 0 aliphatic carbocycles. The molecule has 1 rings (SSSR count). The van der Waals surface area contributed by atoms with Gasteiger partial charge in [-0.3, -0.25) is 4.79 Å². The second kappa shape index (κ2) is 6.95. The third-order valence-corrected chi connectivity index (χ3v) is 3.59. The van der Waals surface area contributed by atoms with E-state index in [0.29, 0.717) is 28.5 Å². The summed E-state index contributed by atoms with van der Waals surface area (Å²) in [4.78, 5) is 23.2. The number of carboxylic acids is 1. The maximum absolute atomic E-state index is 12.0. The number of hydrogen-bond acceptors (Lipinski definition) is 2. The van der Waals surface area contributed by atoms with Gasteiger partial charge in [-0.05, 0) is 31.0 Å². The summed E-state index contributed by atoms with van der Waals surface area (Å²) in [6, 6.07) is 4.84. The second-order valence-corrected chi connectivity index (χ2v) is 5.69. The summed E-state index contributed by atoms with van der Waals surface area (Å²) < 4.78 is 0. The molecular formula is C14H17Cl2NO3. The van der Waals surface area contributed by atoms with E-state index in [-0.39, 0.29) is 12.3 Å². The lowest BCUT2D eigenvalue weighted by Gasteiger charge is -2.25. The summed E-state index contributed by atoms with van der Waals surface area (Å²) >= 11 is 11.8. The normalized spacial score (nSPS) is 13.6.